The number of hydrogen-bond donors (Lipinski definition) is 1. The zero-order valence-corrected chi connectivity index (χ0v) is 18.8. The summed E-state index contributed by atoms with van der Waals surface area (Å²) in [6, 6.07) is 5.72. The Labute approximate surface area is 175 Å². The van der Waals surface area contributed by atoms with Crippen molar-refractivity contribution in [2.75, 3.05) is 17.1 Å². The first-order chi connectivity index (χ1) is 13.6. The van der Waals surface area contributed by atoms with E-state index >= 15 is 0 Å². The average molecular weight is 423 g/mol. The highest BCUT2D eigenvalue weighted by molar-refractivity contribution is 7.92. The van der Waals surface area contributed by atoms with Crippen molar-refractivity contribution in [2.24, 2.45) is 0 Å². The van der Waals surface area contributed by atoms with Gasteiger partial charge in [-0.05, 0) is 36.0 Å². The van der Waals surface area contributed by atoms with Gasteiger partial charge >= 0.3 is 0 Å². The highest BCUT2D eigenvalue weighted by Crippen LogP contribution is 2.38. The first-order valence-electron chi connectivity index (χ1n) is 10.6. The first kappa shape index (κ1) is 21.9. The number of ether oxygens (including phenoxy) is 1. The van der Waals surface area contributed by atoms with Crippen LogP contribution >= 0.6 is 0 Å². The minimum absolute atomic E-state index is 0.00200. The summed E-state index contributed by atoms with van der Waals surface area (Å²) < 4.78 is 32.3. The molecule has 0 radical (unpaired) electrons. The third kappa shape index (κ3) is 5.44. The van der Waals surface area contributed by atoms with Gasteiger partial charge in [0.15, 0.2) is 6.10 Å². The number of sulfonamides is 1. The lowest BCUT2D eigenvalue weighted by molar-refractivity contribution is -0.128. The minimum Gasteiger partial charge on any atom is -0.476 e. The number of nitrogens with zero attached hydrogens (tertiary/aromatic N) is 1. The largest absolute Gasteiger partial charge is 0.476 e. The van der Waals surface area contributed by atoms with Crippen LogP contribution in [-0.2, 0) is 20.2 Å². The number of hydrogen-bond acceptors (Lipinski definition) is 4. The van der Waals surface area contributed by atoms with Crippen molar-refractivity contribution in [1.29, 1.82) is 0 Å². The normalized spacial score (nSPS) is 21.5. The molecule has 0 bridgehead atoms. The second-order valence-electron chi connectivity index (χ2n) is 9.38. The zero-order valence-electron chi connectivity index (χ0n) is 18.0. The van der Waals surface area contributed by atoms with Gasteiger partial charge in [-0.3, -0.25) is 9.10 Å². The Morgan fingerprint density at radius 3 is 2.31 bits per heavy atom. The molecule has 0 saturated heterocycles. The second-order valence-corrected chi connectivity index (χ2v) is 11.3. The van der Waals surface area contributed by atoms with Crippen molar-refractivity contribution in [3.8, 4) is 5.75 Å². The average Bonchev–Trinajstić information content (AvgIpc) is 2.60. The maximum absolute atomic E-state index is 12.9. The Balaban J connectivity index is 1.82. The summed E-state index contributed by atoms with van der Waals surface area (Å²) in [6.45, 7) is 6.23. The van der Waals surface area contributed by atoms with Gasteiger partial charge in [-0.15, -0.1) is 0 Å². The Hall–Kier alpha value is -1.76. The molecule has 3 rings (SSSR count). The van der Waals surface area contributed by atoms with Crippen LogP contribution in [0.25, 0.3) is 0 Å². The Morgan fingerprint density at radius 2 is 1.72 bits per heavy atom. The molecule has 1 amide bonds. The number of rotatable bonds is 3. The maximum atomic E-state index is 12.9. The molecule has 162 valence electrons. The molecule has 1 atom stereocenters. The van der Waals surface area contributed by atoms with E-state index in [-0.39, 0.29) is 23.9 Å². The van der Waals surface area contributed by atoms with Crippen LogP contribution in [0.15, 0.2) is 18.2 Å². The van der Waals surface area contributed by atoms with E-state index in [0.717, 1.165) is 31.2 Å². The van der Waals surface area contributed by atoms with E-state index in [4.69, 9.17) is 4.74 Å². The number of anilines is 1. The minimum atomic E-state index is -3.54. The summed E-state index contributed by atoms with van der Waals surface area (Å²) in [5.74, 6) is 0.210. The molecule has 7 heteroatoms. The van der Waals surface area contributed by atoms with Crippen LogP contribution < -0.4 is 14.4 Å². The van der Waals surface area contributed by atoms with Gasteiger partial charge in [0, 0.05) is 6.04 Å². The van der Waals surface area contributed by atoms with E-state index in [1.54, 1.807) is 6.07 Å². The van der Waals surface area contributed by atoms with Crippen LogP contribution in [0.4, 0.5) is 5.69 Å². The van der Waals surface area contributed by atoms with Crippen molar-refractivity contribution in [2.45, 2.75) is 83.3 Å². The van der Waals surface area contributed by atoms with Crippen LogP contribution in [-0.4, -0.2) is 39.3 Å². The quantitative estimate of drug-likeness (QED) is 0.805. The summed E-state index contributed by atoms with van der Waals surface area (Å²) >= 11 is 0. The lowest BCUT2D eigenvalue weighted by Gasteiger charge is -2.35. The van der Waals surface area contributed by atoms with E-state index in [1.807, 2.05) is 12.1 Å². The molecule has 1 aliphatic heterocycles. The molecule has 1 aliphatic carbocycles. The smallest absolute Gasteiger partial charge is 0.263 e. The Bertz CT molecular complexity index is 837. The maximum Gasteiger partial charge on any atom is 0.263 e. The van der Waals surface area contributed by atoms with Gasteiger partial charge in [-0.25, -0.2) is 8.42 Å². The Kier molecular flexibility index (Phi) is 6.46. The van der Waals surface area contributed by atoms with Crippen molar-refractivity contribution >= 4 is 21.6 Å². The van der Waals surface area contributed by atoms with Gasteiger partial charge < -0.3 is 10.1 Å². The predicted octanol–water partition coefficient (Wildman–Crippen LogP) is 3.74. The lowest BCUT2D eigenvalue weighted by Crippen LogP contribution is -2.52. The van der Waals surface area contributed by atoms with Crippen molar-refractivity contribution in [1.82, 2.24) is 5.32 Å². The second kappa shape index (κ2) is 8.54. The summed E-state index contributed by atoms with van der Waals surface area (Å²) in [5, 5.41) is 3.11. The van der Waals surface area contributed by atoms with E-state index in [9.17, 15) is 13.2 Å². The van der Waals surface area contributed by atoms with Gasteiger partial charge in [0.1, 0.15) is 5.75 Å². The highest BCUT2D eigenvalue weighted by Gasteiger charge is 2.36. The number of carbonyl (C=O) groups excluding carboxylic acids is 1. The summed E-state index contributed by atoms with van der Waals surface area (Å²) in [5.41, 5.74) is 1.41. The van der Waals surface area contributed by atoms with Gasteiger partial charge in [0.25, 0.3) is 5.91 Å². The topological polar surface area (TPSA) is 75.7 Å². The number of fused-ring (bicyclic) bond motifs is 1. The fourth-order valence-electron chi connectivity index (χ4n) is 4.06. The van der Waals surface area contributed by atoms with Crippen LogP contribution in [0.1, 0.15) is 71.3 Å². The molecule has 0 spiro atoms. The van der Waals surface area contributed by atoms with Crippen LogP contribution in [0.3, 0.4) is 0 Å². The van der Waals surface area contributed by atoms with Crippen molar-refractivity contribution in [3.63, 3.8) is 0 Å². The van der Waals surface area contributed by atoms with Crippen LogP contribution in [0, 0.1) is 0 Å². The van der Waals surface area contributed by atoms with Crippen molar-refractivity contribution < 1.29 is 17.9 Å². The summed E-state index contributed by atoms with van der Waals surface area (Å²) in [4.78, 5) is 12.9. The molecule has 0 unspecified atom stereocenters. The predicted molar refractivity (Wildman–Crippen MR) is 116 cm³/mol. The number of benzene rings is 1. The molecule has 29 heavy (non-hydrogen) atoms. The summed E-state index contributed by atoms with van der Waals surface area (Å²) in [6.07, 6.45) is 8.19. The highest BCUT2D eigenvalue weighted by atomic mass is 32.2. The fourth-order valence-corrected chi connectivity index (χ4v) is 4.97. The molecule has 1 aromatic carbocycles. The van der Waals surface area contributed by atoms with Gasteiger partial charge in [0.05, 0.1) is 18.5 Å². The third-order valence-corrected chi connectivity index (χ3v) is 6.99. The van der Waals surface area contributed by atoms with Gasteiger partial charge in [0.2, 0.25) is 10.0 Å². The van der Waals surface area contributed by atoms with Crippen molar-refractivity contribution in [3.05, 3.63) is 23.8 Å². The van der Waals surface area contributed by atoms with E-state index in [0.29, 0.717) is 11.4 Å². The molecular formula is C22H34N2O4S. The molecule has 1 heterocycles. The zero-order chi connectivity index (χ0) is 21.2. The first-order valence-corrected chi connectivity index (χ1v) is 12.5. The molecule has 1 fully saturated rings. The molecular weight excluding hydrogens is 388 g/mol. The van der Waals surface area contributed by atoms with E-state index in [1.165, 1.54) is 29.8 Å². The van der Waals surface area contributed by atoms with Gasteiger partial charge in [-0.1, -0.05) is 58.9 Å². The molecule has 1 aromatic rings. The number of amides is 1. The van der Waals surface area contributed by atoms with E-state index < -0.39 is 16.1 Å². The standard InChI is InChI=1S/C22H34N2O4S/c1-22(2,3)16-12-13-19-18(14-16)24(29(4,26)27)15-20(28-19)21(25)23-17-10-8-6-5-7-9-11-17/h12-14,17,20H,5-11,15H2,1-4H3,(H,23,25)/t20-/m0/s1. The number of nitrogens with one attached hydrogen (secondary N) is 1. The molecule has 1 saturated carbocycles. The van der Waals surface area contributed by atoms with E-state index in [2.05, 4.69) is 26.1 Å². The fraction of sp³-hybridized carbons (Fsp3) is 0.682. The molecule has 6 nitrogen and oxygen atoms in total. The van der Waals surface area contributed by atoms with Crippen LogP contribution in [0.2, 0.25) is 0 Å². The third-order valence-electron chi connectivity index (χ3n) is 5.84. The SMILES string of the molecule is CC(C)(C)c1ccc2c(c1)N(S(C)(=O)=O)C[C@@H](C(=O)NC1CCCCCCC1)O2. The van der Waals surface area contributed by atoms with Crippen LogP contribution in [0.5, 0.6) is 5.75 Å². The monoisotopic (exact) mass is 422 g/mol. The molecule has 0 aromatic heterocycles. The Morgan fingerprint density at radius 1 is 1.10 bits per heavy atom. The van der Waals surface area contributed by atoms with Gasteiger partial charge in [-0.2, -0.15) is 0 Å². The lowest BCUT2D eigenvalue weighted by atomic mass is 9.86. The molecule has 2 aliphatic rings. The summed E-state index contributed by atoms with van der Waals surface area (Å²) in [7, 11) is -3.54. The number of carbonyl (C=O) groups is 1. The molecule has 1 N–H and O–H groups in total.